The Labute approximate surface area is 102 Å². The highest BCUT2D eigenvalue weighted by Gasteiger charge is 2.12. The summed E-state index contributed by atoms with van der Waals surface area (Å²) in [6.07, 6.45) is 3.46. The molecule has 2 aromatic rings. The second-order valence-corrected chi connectivity index (χ2v) is 4.43. The van der Waals surface area contributed by atoms with E-state index in [4.69, 9.17) is 5.73 Å². The van der Waals surface area contributed by atoms with Crippen LogP contribution in [0.2, 0.25) is 0 Å². The summed E-state index contributed by atoms with van der Waals surface area (Å²) in [5.41, 5.74) is 8.42. The third kappa shape index (κ3) is 1.97. The molecule has 0 aromatic carbocycles. The summed E-state index contributed by atoms with van der Waals surface area (Å²) in [6, 6.07) is 0. The lowest BCUT2D eigenvalue weighted by molar-refractivity contribution is 0.574. The molecule has 6 heteroatoms. The Morgan fingerprint density at radius 2 is 2.25 bits per heavy atom. The molecule has 0 radical (unpaired) electrons. The average molecular weight is 284 g/mol. The molecule has 2 aromatic heterocycles. The van der Waals surface area contributed by atoms with Gasteiger partial charge in [0.25, 0.3) is 0 Å². The smallest absolute Gasteiger partial charge is 0.0840 e. The molecule has 0 aliphatic heterocycles. The molecule has 0 unspecified atom stereocenters. The van der Waals surface area contributed by atoms with Gasteiger partial charge in [-0.25, -0.2) is 0 Å². The van der Waals surface area contributed by atoms with E-state index in [2.05, 4.69) is 33.1 Å². The van der Waals surface area contributed by atoms with Gasteiger partial charge in [-0.2, -0.15) is 10.2 Å². The first-order valence-electron chi connectivity index (χ1n) is 5.11. The van der Waals surface area contributed by atoms with E-state index >= 15 is 0 Å². The molecule has 16 heavy (non-hydrogen) atoms. The molecule has 0 saturated carbocycles. The molecule has 2 heterocycles. The van der Waals surface area contributed by atoms with Gasteiger partial charge in [-0.3, -0.25) is 9.36 Å². The van der Waals surface area contributed by atoms with Crippen molar-refractivity contribution in [1.29, 1.82) is 0 Å². The molecule has 0 bridgehead atoms. The number of nitrogens with two attached hydrogens (primary N) is 1. The zero-order valence-corrected chi connectivity index (χ0v) is 10.9. The summed E-state index contributed by atoms with van der Waals surface area (Å²) in [5.74, 6) is 0. The van der Waals surface area contributed by atoms with Crippen molar-refractivity contribution >= 4 is 21.6 Å². The van der Waals surface area contributed by atoms with E-state index in [-0.39, 0.29) is 0 Å². The van der Waals surface area contributed by atoms with Gasteiger partial charge in [-0.1, -0.05) is 0 Å². The molecule has 5 nitrogen and oxygen atoms in total. The molecule has 2 N–H and O–H groups in total. The van der Waals surface area contributed by atoms with E-state index < -0.39 is 0 Å². The topological polar surface area (TPSA) is 61.7 Å². The van der Waals surface area contributed by atoms with Gasteiger partial charge in [-0.05, 0) is 29.8 Å². The van der Waals surface area contributed by atoms with Crippen molar-refractivity contribution in [1.82, 2.24) is 19.6 Å². The van der Waals surface area contributed by atoms with Crippen LogP contribution in [0, 0.1) is 6.92 Å². The third-order valence-electron chi connectivity index (χ3n) is 2.42. The van der Waals surface area contributed by atoms with Crippen molar-refractivity contribution in [2.24, 2.45) is 0 Å². The predicted octanol–water partition coefficient (Wildman–Crippen LogP) is 1.80. The van der Waals surface area contributed by atoms with Gasteiger partial charge in [0.05, 0.1) is 34.3 Å². The van der Waals surface area contributed by atoms with Crippen molar-refractivity contribution in [3.05, 3.63) is 28.3 Å². The van der Waals surface area contributed by atoms with Crippen LogP contribution in [0.3, 0.4) is 0 Å². The van der Waals surface area contributed by atoms with E-state index in [9.17, 15) is 0 Å². The maximum atomic E-state index is 5.63. The highest BCUT2D eigenvalue weighted by Crippen LogP contribution is 2.21. The molecule has 0 atom stereocenters. The first-order chi connectivity index (χ1) is 7.61. The van der Waals surface area contributed by atoms with Crippen LogP contribution < -0.4 is 5.73 Å². The number of rotatable bonds is 3. The standard InChI is InChI=1S/C10H14BrN5/c1-3-16-9(10(11)7(2)14-16)6-15-5-8(12)4-13-15/h4-5H,3,6,12H2,1-2H3. The van der Waals surface area contributed by atoms with Gasteiger partial charge in [0.2, 0.25) is 0 Å². The molecule has 0 spiro atoms. The van der Waals surface area contributed by atoms with Crippen LogP contribution in [0.4, 0.5) is 5.69 Å². The van der Waals surface area contributed by atoms with E-state index in [1.54, 1.807) is 6.20 Å². The summed E-state index contributed by atoms with van der Waals surface area (Å²) in [6.45, 7) is 5.57. The molecule has 0 fully saturated rings. The zero-order valence-electron chi connectivity index (χ0n) is 9.31. The maximum absolute atomic E-state index is 5.63. The Morgan fingerprint density at radius 1 is 1.50 bits per heavy atom. The number of halogens is 1. The zero-order chi connectivity index (χ0) is 11.7. The van der Waals surface area contributed by atoms with Crippen molar-refractivity contribution in [2.75, 3.05) is 5.73 Å². The minimum absolute atomic E-state index is 0.673. The monoisotopic (exact) mass is 283 g/mol. The summed E-state index contributed by atoms with van der Waals surface area (Å²) >= 11 is 3.55. The highest BCUT2D eigenvalue weighted by atomic mass is 79.9. The molecular formula is C10H14BrN5. The van der Waals surface area contributed by atoms with Gasteiger partial charge in [0.1, 0.15) is 0 Å². The molecule has 2 rings (SSSR count). The fourth-order valence-corrected chi connectivity index (χ4v) is 2.05. The predicted molar refractivity (Wildman–Crippen MR) is 66.1 cm³/mol. The number of hydrogen-bond acceptors (Lipinski definition) is 3. The minimum atomic E-state index is 0.673. The lowest BCUT2D eigenvalue weighted by atomic mass is 10.3. The summed E-state index contributed by atoms with van der Waals surface area (Å²) in [4.78, 5) is 0. The third-order valence-corrected chi connectivity index (χ3v) is 3.45. The van der Waals surface area contributed by atoms with Crippen LogP contribution >= 0.6 is 15.9 Å². The number of nitrogens with zero attached hydrogens (tertiary/aromatic N) is 4. The largest absolute Gasteiger partial charge is 0.396 e. The second-order valence-electron chi connectivity index (χ2n) is 3.63. The van der Waals surface area contributed by atoms with Crippen molar-refractivity contribution in [2.45, 2.75) is 26.9 Å². The van der Waals surface area contributed by atoms with Crippen LogP contribution in [-0.4, -0.2) is 19.6 Å². The molecule has 86 valence electrons. The van der Waals surface area contributed by atoms with Crippen LogP contribution in [0.25, 0.3) is 0 Å². The average Bonchev–Trinajstić information content (AvgIpc) is 2.77. The van der Waals surface area contributed by atoms with Gasteiger partial charge >= 0.3 is 0 Å². The Kier molecular flexibility index (Phi) is 3.00. The fourth-order valence-electron chi connectivity index (χ4n) is 1.64. The molecule has 0 aliphatic carbocycles. The van der Waals surface area contributed by atoms with Gasteiger partial charge in [0.15, 0.2) is 0 Å². The molecular weight excluding hydrogens is 270 g/mol. The van der Waals surface area contributed by atoms with Gasteiger partial charge in [-0.15, -0.1) is 0 Å². The van der Waals surface area contributed by atoms with Gasteiger partial charge < -0.3 is 5.73 Å². The van der Waals surface area contributed by atoms with Crippen molar-refractivity contribution in [3.8, 4) is 0 Å². The van der Waals surface area contributed by atoms with Gasteiger partial charge in [0, 0.05) is 12.7 Å². The maximum Gasteiger partial charge on any atom is 0.0840 e. The number of anilines is 1. The molecule has 0 amide bonds. The number of aryl methyl sites for hydroxylation is 2. The summed E-state index contributed by atoms with van der Waals surface area (Å²) in [5, 5.41) is 8.60. The lowest BCUT2D eigenvalue weighted by Crippen LogP contribution is -2.08. The van der Waals surface area contributed by atoms with Crippen LogP contribution in [0.5, 0.6) is 0 Å². The number of hydrogen-bond donors (Lipinski definition) is 1. The first kappa shape index (κ1) is 11.2. The van der Waals surface area contributed by atoms with E-state index in [0.29, 0.717) is 12.2 Å². The Morgan fingerprint density at radius 3 is 2.81 bits per heavy atom. The second kappa shape index (κ2) is 4.29. The van der Waals surface area contributed by atoms with Crippen LogP contribution in [0.15, 0.2) is 16.9 Å². The number of aromatic nitrogens is 4. The Hall–Kier alpha value is -1.30. The van der Waals surface area contributed by atoms with Crippen molar-refractivity contribution < 1.29 is 0 Å². The van der Waals surface area contributed by atoms with Crippen molar-refractivity contribution in [3.63, 3.8) is 0 Å². The minimum Gasteiger partial charge on any atom is -0.396 e. The van der Waals surface area contributed by atoms with E-state index in [1.807, 2.05) is 22.5 Å². The molecule has 0 saturated heterocycles. The van der Waals surface area contributed by atoms with E-state index in [0.717, 1.165) is 22.4 Å². The van der Waals surface area contributed by atoms with Crippen LogP contribution in [-0.2, 0) is 13.1 Å². The first-order valence-corrected chi connectivity index (χ1v) is 5.90. The summed E-state index contributed by atoms with van der Waals surface area (Å²) in [7, 11) is 0. The SMILES string of the molecule is CCn1nc(C)c(Br)c1Cn1cc(N)cn1. The normalized spacial score (nSPS) is 10.9. The fraction of sp³-hybridized carbons (Fsp3) is 0.400. The van der Waals surface area contributed by atoms with Crippen LogP contribution in [0.1, 0.15) is 18.3 Å². The molecule has 0 aliphatic rings. The summed E-state index contributed by atoms with van der Waals surface area (Å²) < 4.78 is 4.82. The van der Waals surface area contributed by atoms with E-state index in [1.165, 1.54) is 0 Å². The quantitative estimate of drug-likeness (QED) is 0.934. The lowest BCUT2D eigenvalue weighted by Gasteiger charge is -2.05. The Bertz CT molecular complexity index is 499. The number of nitrogen functional groups attached to an aromatic ring is 1. The Balaban J connectivity index is 2.33. The highest BCUT2D eigenvalue weighted by molar-refractivity contribution is 9.10.